The van der Waals surface area contributed by atoms with Crippen LogP contribution in [-0.4, -0.2) is 49.9 Å². The van der Waals surface area contributed by atoms with Crippen LogP contribution in [0.25, 0.3) is 0 Å². The number of nitrogens with zero attached hydrogens (tertiary/aromatic N) is 1. The molecule has 0 aromatic heterocycles. The number of sulfonamides is 1. The lowest BCUT2D eigenvalue weighted by molar-refractivity contribution is -0.257. The molecule has 4 rings (SSSR count). The van der Waals surface area contributed by atoms with E-state index >= 15 is 0 Å². The summed E-state index contributed by atoms with van der Waals surface area (Å²) in [5, 5.41) is 9.60. The second kappa shape index (κ2) is 9.68. The van der Waals surface area contributed by atoms with E-state index in [1.807, 2.05) is 0 Å². The van der Waals surface area contributed by atoms with Crippen LogP contribution in [0.15, 0.2) is 41.3 Å². The number of anilines is 1. The number of carboxylic acid groups (broad SMARTS) is 1. The first-order valence-corrected chi connectivity index (χ1v) is 13.5. The molecular formula is C26H27F4NO7S. The van der Waals surface area contributed by atoms with Crippen molar-refractivity contribution in [3.8, 4) is 5.75 Å². The normalized spacial score (nSPS) is 18.6. The van der Waals surface area contributed by atoms with Gasteiger partial charge in [-0.15, -0.1) is 0 Å². The van der Waals surface area contributed by atoms with Gasteiger partial charge in [0, 0.05) is 6.42 Å². The molecule has 2 aromatic rings. The SMILES string of the molecule is Cc1cc(S(=O)(=O)N2C[C@@H](CC3(C(=O)O)CC3)Oc3ccc(CC(=O)OC(C)(C)C(F)(F)F)cc32)ccc1F. The molecular weight excluding hydrogens is 546 g/mol. The molecule has 0 saturated heterocycles. The van der Waals surface area contributed by atoms with Crippen LogP contribution in [0, 0.1) is 18.2 Å². The minimum absolute atomic E-state index is 0.00813. The van der Waals surface area contributed by atoms with Crippen LogP contribution in [0.1, 0.15) is 44.2 Å². The molecule has 0 radical (unpaired) electrons. The highest BCUT2D eigenvalue weighted by Gasteiger charge is 2.53. The van der Waals surface area contributed by atoms with Gasteiger partial charge in [0.05, 0.1) is 29.0 Å². The molecule has 1 aliphatic heterocycles. The molecule has 8 nitrogen and oxygen atoms in total. The van der Waals surface area contributed by atoms with Gasteiger partial charge in [0.25, 0.3) is 10.0 Å². The van der Waals surface area contributed by atoms with Gasteiger partial charge in [0.2, 0.25) is 5.60 Å². The maximum absolute atomic E-state index is 13.9. The molecule has 0 bridgehead atoms. The molecule has 1 N–H and O–H groups in total. The first-order chi connectivity index (χ1) is 17.9. The number of aryl methyl sites for hydroxylation is 1. The van der Waals surface area contributed by atoms with E-state index in [4.69, 9.17) is 4.74 Å². The Morgan fingerprint density at radius 1 is 1.15 bits per heavy atom. The molecule has 1 saturated carbocycles. The van der Waals surface area contributed by atoms with Gasteiger partial charge in [-0.25, -0.2) is 12.8 Å². The van der Waals surface area contributed by atoms with Crippen molar-refractivity contribution in [3.63, 3.8) is 0 Å². The Labute approximate surface area is 222 Å². The van der Waals surface area contributed by atoms with Crippen molar-refractivity contribution in [3.05, 3.63) is 53.3 Å². The predicted molar refractivity (Wildman–Crippen MR) is 130 cm³/mol. The minimum Gasteiger partial charge on any atom is -0.486 e. The zero-order chi connectivity index (χ0) is 29.0. The summed E-state index contributed by atoms with van der Waals surface area (Å²) in [7, 11) is -4.32. The molecule has 0 amide bonds. The molecule has 1 atom stereocenters. The van der Waals surface area contributed by atoms with Crippen LogP contribution >= 0.6 is 0 Å². The molecule has 13 heteroatoms. The zero-order valence-corrected chi connectivity index (χ0v) is 22.2. The number of fused-ring (bicyclic) bond motifs is 1. The van der Waals surface area contributed by atoms with Gasteiger partial charge in [-0.2, -0.15) is 13.2 Å². The maximum Gasteiger partial charge on any atom is 0.427 e. The highest BCUT2D eigenvalue weighted by molar-refractivity contribution is 7.92. The molecule has 2 aliphatic rings. The van der Waals surface area contributed by atoms with Crippen molar-refractivity contribution >= 4 is 27.6 Å². The van der Waals surface area contributed by atoms with Gasteiger partial charge in [0.1, 0.15) is 17.7 Å². The highest BCUT2D eigenvalue weighted by Crippen LogP contribution is 2.51. The standard InChI is InChI=1S/C26H27F4NO7S/c1-15-10-18(5-6-19(15)27)39(35,36)31-14-17(13-25(8-9-25)23(33)34)37-21-7-4-16(11-20(21)31)12-22(32)38-24(2,3)26(28,29)30/h4-7,10-11,17H,8-9,12-14H2,1-3H3,(H,33,34)/t17-/m1/s1. The number of rotatable bonds is 8. The Kier molecular flexibility index (Phi) is 7.12. The molecule has 2 aromatic carbocycles. The lowest BCUT2D eigenvalue weighted by Gasteiger charge is -2.36. The van der Waals surface area contributed by atoms with Crippen LogP contribution in [-0.2, 0) is 30.8 Å². The van der Waals surface area contributed by atoms with Gasteiger partial charge in [-0.05, 0) is 75.1 Å². The Morgan fingerprint density at radius 2 is 1.82 bits per heavy atom. The fourth-order valence-corrected chi connectivity index (χ4v) is 5.93. The molecule has 39 heavy (non-hydrogen) atoms. The van der Waals surface area contributed by atoms with Crippen molar-refractivity contribution in [2.75, 3.05) is 10.8 Å². The molecule has 212 valence electrons. The van der Waals surface area contributed by atoms with Crippen molar-refractivity contribution < 1.29 is 50.1 Å². The number of carbonyl (C=O) groups is 2. The number of halogens is 4. The molecule has 1 heterocycles. The number of carboxylic acids is 1. The van der Waals surface area contributed by atoms with Gasteiger partial charge >= 0.3 is 18.1 Å². The predicted octanol–water partition coefficient (Wildman–Crippen LogP) is 4.77. The summed E-state index contributed by atoms with van der Waals surface area (Å²) in [6, 6.07) is 7.33. The summed E-state index contributed by atoms with van der Waals surface area (Å²) >= 11 is 0. The average molecular weight is 574 g/mol. The van der Waals surface area contributed by atoms with E-state index in [1.165, 1.54) is 25.1 Å². The van der Waals surface area contributed by atoms with Crippen molar-refractivity contribution in [1.29, 1.82) is 0 Å². The summed E-state index contributed by atoms with van der Waals surface area (Å²) in [5.74, 6) is -2.69. The summed E-state index contributed by atoms with van der Waals surface area (Å²) in [5.41, 5.74) is -3.48. The number of ether oxygens (including phenoxy) is 2. The monoisotopic (exact) mass is 573 g/mol. The van der Waals surface area contributed by atoms with Gasteiger partial charge in [-0.3, -0.25) is 13.9 Å². The van der Waals surface area contributed by atoms with E-state index in [0.29, 0.717) is 26.7 Å². The Morgan fingerprint density at radius 3 is 2.38 bits per heavy atom. The fraction of sp³-hybridized carbons (Fsp3) is 0.462. The van der Waals surface area contributed by atoms with E-state index in [0.717, 1.165) is 22.5 Å². The molecule has 1 fully saturated rings. The molecule has 0 unspecified atom stereocenters. The number of aliphatic carboxylic acids is 1. The van der Waals surface area contributed by atoms with Crippen LogP contribution in [0.2, 0.25) is 0 Å². The lowest BCUT2D eigenvalue weighted by atomic mass is 9.97. The number of alkyl halides is 3. The third kappa shape index (κ3) is 5.68. The third-order valence-electron chi connectivity index (χ3n) is 7.00. The van der Waals surface area contributed by atoms with Gasteiger partial charge in [-0.1, -0.05) is 6.07 Å². The van der Waals surface area contributed by atoms with E-state index < -0.39 is 57.5 Å². The van der Waals surface area contributed by atoms with E-state index in [9.17, 15) is 40.7 Å². The Balaban J connectivity index is 1.69. The number of hydrogen-bond acceptors (Lipinski definition) is 6. The van der Waals surface area contributed by atoms with Gasteiger partial charge in [0.15, 0.2) is 0 Å². The number of benzene rings is 2. The van der Waals surface area contributed by atoms with E-state index in [2.05, 4.69) is 4.74 Å². The lowest BCUT2D eigenvalue weighted by Crippen LogP contribution is -2.45. The van der Waals surface area contributed by atoms with Crippen LogP contribution in [0.5, 0.6) is 5.75 Å². The zero-order valence-electron chi connectivity index (χ0n) is 21.3. The van der Waals surface area contributed by atoms with Gasteiger partial charge < -0.3 is 14.6 Å². The second-order valence-electron chi connectivity index (χ2n) is 10.4. The van der Waals surface area contributed by atoms with E-state index in [-0.39, 0.29) is 40.4 Å². The second-order valence-corrected chi connectivity index (χ2v) is 12.3. The fourth-order valence-electron chi connectivity index (χ4n) is 4.34. The minimum atomic E-state index is -4.80. The topological polar surface area (TPSA) is 110 Å². The first-order valence-electron chi connectivity index (χ1n) is 12.1. The maximum atomic E-state index is 13.9. The molecule has 1 aliphatic carbocycles. The third-order valence-corrected chi connectivity index (χ3v) is 8.77. The number of carbonyl (C=O) groups excluding carboxylic acids is 1. The highest BCUT2D eigenvalue weighted by atomic mass is 32.2. The average Bonchev–Trinajstić information content (AvgIpc) is 3.60. The van der Waals surface area contributed by atoms with Crippen LogP contribution in [0.3, 0.4) is 0 Å². The first kappa shape index (κ1) is 28.7. The number of hydrogen-bond donors (Lipinski definition) is 1. The van der Waals surface area contributed by atoms with Crippen molar-refractivity contribution in [2.24, 2.45) is 5.41 Å². The summed E-state index contributed by atoms with van der Waals surface area (Å²) in [6.07, 6.45) is -5.30. The Bertz CT molecular complexity index is 1420. The molecule has 0 spiro atoms. The van der Waals surface area contributed by atoms with Crippen molar-refractivity contribution in [2.45, 2.75) is 69.2 Å². The smallest absolute Gasteiger partial charge is 0.427 e. The summed E-state index contributed by atoms with van der Waals surface area (Å²) in [6.45, 7) is 2.57. The van der Waals surface area contributed by atoms with Crippen LogP contribution in [0.4, 0.5) is 23.2 Å². The van der Waals surface area contributed by atoms with Crippen molar-refractivity contribution in [1.82, 2.24) is 0 Å². The quantitative estimate of drug-likeness (QED) is 0.358. The Hall–Kier alpha value is -3.35. The number of esters is 1. The summed E-state index contributed by atoms with van der Waals surface area (Å²) < 4.78 is 92.3. The summed E-state index contributed by atoms with van der Waals surface area (Å²) in [4.78, 5) is 23.8. The van der Waals surface area contributed by atoms with Crippen LogP contribution < -0.4 is 9.04 Å². The largest absolute Gasteiger partial charge is 0.486 e. The van der Waals surface area contributed by atoms with E-state index in [1.54, 1.807) is 0 Å².